The van der Waals surface area contributed by atoms with E-state index in [2.05, 4.69) is 6.08 Å². The predicted molar refractivity (Wildman–Crippen MR) is 51.5 cm³/mol. The minimum absolute atomic E-state index is 0.821. The van der Waals surface area contributed by atoms with Gasteiger partial charge in [-0.05, 0) is 36.3 Å². The van der Waals surface area contributed by atoms with Crippen LogP contribution in [0.15, 0.2) is 17.0 Å². The molecule has 0 amide bonds. The molecule has 1 fully saturated rings. The van der Waals surface area contributed by atoms with Crippen molar-refractivity contribution in [3.63, 3.8) is 0 Å². The fourth-order valence-electron chi connectivity index (χ4n) is 1.27. The lowest BCUT2D eigenvalue weighted by molar-refractivity contribution is 0.112. The third-order valence-corrected chi connectivity index (χ3v) is 3.00. The number of carbonyl (C=O) groups excluding carboxylic acids is 1. The average Bonchev–Trinajstić information content (AvgIpc) is 2.44. The number of rotatable bonds is 2. The van der Waals surface area contributed by atoms with Crippen LogP contribution in [0.4, 0.5) is 0 Å². The van der Waals surface area contributed by atoms with Gasteiger partial charge >= 0.3 is 0 Å². The molecule has 1 saturated carbocycles. The van der Waals surface area contributed by atoms with Gasteiger partial charge in [-0.1, -0.05) is 11.6 Å². The number of hydrogen-bond acceptors (Lipinski definition) is 2. The molecule has 62 valence electrons. The molecule has 0 spiro atoms. The number of thiophene rings is 1. The van der Waals surface area contributed by atoms with E-state index in [9.17, 15) is 4.79 Å². The van der Waals surface area contributed by atoms with Crippen LogP contribution in [-0.2, 0) is 0 Å². The first-order chi connectivity index (χ1) is 5.88. The maximum absolute atomic E-state index is 10.4. The van der Waals surface area contributed by atoms with Gasteiger partial charge in [0.25, 0.3) is 0 Å². The van der Waals surface area contributed by atoms with Crippen molar-refractivity contribution in [2.45, 2.75) is 19.3 Å². The van der Waals surface area contributed by atoms with Gasteiger partial charge in [0.2, 0.25) is 0 Å². The molecule has 0 saturated heterocycles. The fraction of sp³-hybridized carbons (Fsp3) is 0.300. The largest absolute Gasteiger partial charge is 0.297 e. The second-order valence-electron chi connectivity index (χ2n) is 3.06. The first-order valence-corrected chi connectivity index (χ1v) is 4.99. The van der Waals surface area contributed by atoms with Crippen LogP contribution in [-0.4, -0.2) is 6.29 Å². The van der Waals surface area contributed by atoms with Crippen LogP contribution in [0.25, 0.3) is 6.08 Å². The highest BCUT2D eigenvalue weighted by atomic mass is 32.1. The second kappa shape index (κ2) is 3.23. The number of carbonyl (C=O) groups is 1. The summed E-state index contributed by atoms with van der Waals surface area (Å²) in [6, 6.07) is 1.95. The zero-order valence-electron chi connectivity index (χ0n) is 6.75. The van der Waals surface area contributed by atoms with Gasteiger partial charge in [-0.2, -0.15) is 0 Å². The lowest BCUT2D eigenvalue weighted by Crippen LogP contribution is -1.95. The Kier molecular flexibility index (Phi) is 2.09. The van der Waals surface area contributed by atoms with E-state index in [1.165, 1.54) is 41.7 Å². The standard InChI is InChI=1S/C10H10OS/c11-6-10-5-9(7-12-10)4-8-2-1-3-8/h4-7H,1-3H2. The van der Waals surface area contributed by atoms with E-state index < -0.39 is 0 Å². The minimum atomic E-state index is 0.821. The van der Waals surface area contributed by atoms with Crippen molar-refractivity contribution in [3.8, 4) is 0 Å². The molecule has 1 nitrogen and oxygen atoms in total. The monoisotopic (exact) mass is 178 g/mol. The molecule has 1 aliphatic carbocycles. The minimum Gasteiger partial charge on any atom is -0.297 e. The van der Waals surface area contributed by atoms with Crippen molar-refractivity contribution < 1.29 is 4.79 Å². The Bertz CT molecular complexity index is 316. The van der Waals surface area contributed by atoms with Crippen molar-refractivity contribution in [3.05, 3.63) is 27.5 Å². The summed E-state index contributed by atoms with van der Waals surface area (Å²) in [6.45, 7) is 0. The van der Waals surface area contributed by atoms with E-state index in [1.807, 2.05) is 11.4 Å². The molecule has 2 rings (SSSR count). The molecule has 2 heteroatoms. The van der Waals surface area contributed by atoms with Crippen molar-refractivity contribution in [2.75, 3.05) is 0 Å². The van der Waals surface area contributed by atoms with Gasteiger partial charge in [-0.25, -0.2) is 0 Å². The van der Waals surface area contributed by atoms with Gasteiger partial charge in [-0.15, -0.1) is 11.3 Å². The molecular formula is C10H10OS. The van der Waals surface area contributed by atoms with Crippen molar-refractivity contribution in [1.29, 1.82) is 0 Å². The molecule has 0 N–H and O–H groups in total. The molecule has 12 heavy (non-hydrogen) atoms. The summed E-state index contributed by atoms with van der Waals surface area (Å²) in [5.74, 6) is 0. The zero-order valence-corrected chi connectivity index (χ0v) is 7.56. The van der Waals surface area contributed by atoms with E-state index >= 15 is 0 Å². The Labute approximate surface area is 75.7 Å². The van der Waals surface area contributed by atoms with Crippen molar-refractivity contribution >= 4 is 23.7 Å². The molecule has 0 bridgehead atoms. The van der Waals surface area contributed by atoms with Gasteiger partial charge in [0.15, 0.2) is 6.29 Å². The van der Waals surface area contributed by atoms with E-state index in [0.717, 1.165) is 11.2 Å². The van der Waals surface area contributed by atoms with E-state index in [1.54, 1.807) is 0 Å². The third kappa shape index (κ3) is 1.48. The molecule has 0 aliphatic heterocycles. The normalized spacial score (nSPS) is 15.5. The lowest BCUT2D eigenvalue weighted by Gasteiger charge is -2.15. The van der Waals surface area contributed by atoms with Crippen LogP contribution < -0.4 is 0 Å². The van der Waals surface area contributed by atoms with Crippen molar-refractivity contribution in [1.82, 2.24) is 0 Å². The molecule has 1 aromatic rings. The van der Waals surface area contributed by atoms with Gasteiger partial charge in [0, 0.05) is 0 Å². The molecule has 0 aromatic carbocycles. The summed E-state index contributed by atoms with van der Waals surface area (Å²) < 4.78 is 0. The Morgan fingerprint density at radius 3 is 2.75 bits per heavy atom. The first kappa shape index (κ1) is 7.74. The van der Waals surface area contributed by atoms with Gasteiger partial charge in [0.05, 0.1) is 4.88 Å². The number of aldehydes is 1. The van der Waals surface area contributed by atoms with Gasteiger partial charge in [0.1, 0.15) is 0 Å². The maximum Gasteiger partial charge on any atom is 0.160 e. The lowest BCUT2D eigenvalue weighted by atomic mass is 9.91. The van der Waals surface area contributed by atoms with Crippen LogP contribution in [0.3, 0.4) is 0 Å². The summed E-state index contributed by atoms with van der Waals surface area (Å²) >= 11 is 1.51. The van der Waals surface area contributed by atoms with Gasteiger partial charge in [-0.3, -0.25) is 4.79 Å². The van der Waals surface area contributed by atoms with Crippen LogP contribution in [0.2, 0.25) is 0 Å². The molecule has 1 heterocycles. The predicted octanol–water partition coefficient (Wildman–Crippen LogP) is 3.13. The van der Waals surface area contributed by atoms with Crippen LogP contribution in [0.5, 0.6) is 0 Å². The van der Waals surface area contributed by atoms with Crippen molar-refractivity contribution in [2.24, 2.45) is 0 Å². The summed E-state index contributed by atoms with van der Waals surface area (Å²) in [4.78, 5) is 11.2. The zero-order chi connectivity index (χ0) is 8.39. The molecule has 0 atom stereocenters. The quantitative estimate of drug-likeness (QED) is 0.636. The number of hydrogen-bond donors (Lipinski definition) is 0. The molecule has 1 aromatic heterocycles. The van der Waals surface area contributed by atoms with Crippen LogP contribution in [0, 0.1) is 0 Å². The Morgan fingerprint density at radius 2 is 2.25 bits per heavy atom. The molecule has 1 aliphatic rings. The smallest absolute Gasteiger partial charge is 0.160 e. The fourth-order valence-corrected chi connectivity index (χ4v) is 1.93. The maximum atomic E-state index is 10.4. The van der Waals surface area contributed by atoms with Crippen LogP contribution in [0.1, 0.15) is 34.5 Å². The second-order valence-corrected chi connectivity index (χ2v) is 4.00. The number of allylic oxidation sites excluding steroid dienone is 1. The van der Waals surface area contributed by atoms with E-state index in [-0.39, 0.29) is 0 Å². The summed E-state index contributed by atoms with van der Waals surface area (Å²) in [7, 11) is 0. The van der Waals surface area contributed by atoms with E-state index in [4.69, 9.17) is 0 Å². The molecule has 0 unspecified atom stereocenters. The SMILES string of the molecule is O=Cc1cc(C=C2CCC2)cs1. The van der Waals surface area contributed by atoms with Crippen LogP contribution >= 0.6 is 11.3 Å². The first-order valence-electron chi connectivity index (χ1n) is 4.11. The topological polar surface area (TPSA) is 17.1 Å². The third-order valence-electron chi connectivity index (χ3n) is 2.12. The summed E-state index contributed by atoms with van der Waals surface area (Å²) in [5.41, 5.74) is 2.71. The Balaban J connectivity index is 2.17. The highest BCUT2D eigenvalue weighted by molar-refractivity contribution is 7.11. The Morgan fingerprint density at radius 1 is 1.42 bits per heavy atom. The highest BCUT2D eigenvalue weighted by Gasteiger charge is 2.08. The van der Waals surface area contributed by atoms with E-state index in [0.29, 0.717) is 0 Å². The Hall–Kier alpha value is -0.890. The van der Waals surface area contributed by atoms with Gasteiger partial charge < -0.3 is 0 Å². The highest BCUT2D eigenvalue weighted by Crippen LogP contribution is 2.28. The molecule has 0 radical (unpaired) electrons. The summed E-state index contributed by atoms with van der Waals surface area (Å²) in [6.07, 6.45) is 6.93. The average molecular weight is 178 g/mol. The molecular weight excluding hydrogens is 168 g/mol. The summed E-state index contributed by atoms with van der Waals surface area (Å²) in [5, 5.41) is 2.04.